The second-order valence-electron chi connectivity index (χ2n) is 5.43. The molecule has 0 radical (unpaired) electrons. The molecule has 1 fully saturated rings. The number of rotatable bonds is 6. The van der Waals surface area contributed by atoms with Gasteiger partial charge in [-0.05, 0) is 33.4 Å². The first kappa shape index (κ1) is 14.0. The van der Waals surface area contributed by atoms with Crippen LogP contribution in [0.3, 0.4) is 0 Å². The Morgan fingerprint density at radius 3 is 2.67 bits per heavy atom. The first-order valence-electron chi connectivity index (χ1n) is 7.04. The summed E-state index contributed by atoms with van der Waals surface area (Å²) in [5, 5.41) is 4.95. The van der Waals surface area contributed by atoms with Crippen LogP contribution in [0.25, 0.3) is 0 Å². The van der Waals surface area contributed by atoms with Crippen LogP contribution < -0.4 is 5.32 Å². The molecule has 0 aliphatic heterocycles. The van der Waals surface area contributed by atoms with Crippen molar-refractivity contribution >= 4 is 11.3 Å². The minimum absolute atomic E-state index is 0.745. The number of thiazole rings is 1. The first-order valence-corrected chi connectivity index (χ1v) is 7.86. The van der Waals surface area contributed by atoms with Gasteiger partial charge in [0.25, 0.3) is 0 Å². The number of hydrogen-bond acceptors (Lipinski definition) is 4. The minimum atomic E-state index is 0.745. The van der Waals surface area contributed by atoms with Crippen molar-refractivity contribution in [2.45, 2.75) is 58.2 Å². The minimum Gasteiger partial charge on any atom is -0.309 e. The molecule has 0 atom stereocenters. The average molecular weight is 267 g/mol. The van der Waals surface area contributed by atoms with E-state index in [4.69, 9.17) is 4.98 Å². The summed E-state index contributed by atoms with van der Waals surface area (Å²) in [4.78, 5) is 8.38. The average Bonchev–Trinajstić information content (AvgIpc) is 2.94. The quantitative estimate of drug-likeness (QED) is 0.859. The number of aromatic nitrogens is 1. The highest BCUT2D eigenvalue weighted by Gasteiger charge is 2.16. The number of nitrogens with zero attached hydrogens (tertiary/aromatic N) is 2. The molecule has 0 aromatic carbocycles. The van der Waals surface area contributed by atoms with Crippen molar-refractivity contribution in [3.05, 3.63) is 15.6 Å². The van der Waals surface area contributed by atoms with E-state index in [1.165, 1.54) is 41.3 Å². The fourth-order valence-corrected chi connectivity index (χ4v) is 3.78. The van der Waals surface area contributed by atoms with Gasteiger partial charge in [-0.1, -0.05) is 19.8 Å². The van der Waals surface area contributed by atoms with Gasteiger partial charge in [0.15, 0.2) is 0 Å². The van der Waals surface area contributed by atoms with E-state index in [0.717, 1.165) is 25.6 Å². The van der Waals surface area contributed by atoms with Crippen LogP contribution in [0.4, 0.5) is 0 Å². The highest BCUT2D eigenvalue weighted by molar-refractivity contribution is 7.11. The molecule has 1 aliphatic carbocycles. The van der Waals surface area contributed by atoms with Gasteiger partial charge in [0, 0.05) is 24.0 Å². The smallest absolute Gasteiger partial charge is 0.107 e. The van der Waals surface area contributed by atoms with Gasteiger partial charge in [0.05, 0.1) is 5.69 Å². The van der Waals surface area contributed by atoms with E-state index >= 15 is 0 Å². The zero-order chi connectivity index (χ0) is 13.0. The molecule has 0 spiro atoms. The maximum Gasteiger partial charge on any atom is 0.107 e. The monoisotopic (exact) mass is 267 g/mol. The third-order valence-corrected chi connectivity index (χ3v) is 4.60. The molecule has 102 valence electrons. The molecule has 4 heteroatoms. The van der Waals surface area contributed by atoms with Gasteiger partial charge in [-0.2, -0.15) is 0 Å². The van der Waals surface area contributed by atoms with E-state index in [9.17, 15) is 0 Å². The number of hydrogen-bond donors (Lipinski definition) is 1. The Hall–Kier alpha value is -0.450. The van der Waals surface area contributed by atoms with E-state index in [1.807, 2.05) is 11.3 Å². The van der Waals surface area contributed by atoms with Crippen LogP contribution in [0.5, 0.6) is 0 Å². The first-order chi connectivity index (χ1) is 8.69. The standard InChI is InChI=1S/C14H25N3S/c1-4-12-13(9-15-11-7-5-6-8-11)18-14(16-12)10-17(2)3/h11,15H,4-10H2,1-3H3. The lowest BCUT2D eigenvalue weighted by atomic mass is 10.2. The SMILES string of the molecule is CCc1nc(CN(C)C)sc1CNC1CCCC1. The van der Waals surface area contributed by atoms with Crippen LogP contribution in [-0.4, -0.2) is 30.0 Å². The Kier molecular flexibility index (Phi) is 5.15. The van der Waals surface area contributed by atoms with Gasteiger partial charge in [-0.25, -0.2) is 4.98 Å². The Morgan fingerprint density at radius 1 is 1.33 bits per heavy atom. The Labute approximate surface area is 115 Å². The summed E-state index contributed by atoms with van der Waals surface area (Å²) in [6.07, 6.45) is 6.54. The molecule has 1 N–H and O–H groups in total. The van der Waals surface area contributed by atoms with Crippen molar-refractivity contribution in [3.63, 3.8) is 0 Å². The van der Waals surface area contributed by atoms with Crippen LogP contribution in [0.15, 0.2) is 0 Å². The molecule has 1 aromatic heterocycles. The van der Waals surface area contributed by atoms with E-state index in [0.29, 0.717) is 0 Å². The van der Waals surface area contributed by atoms with Gasteiger partial charge in [-0.3, -0.25) is 0 Å². The predicted octanol–water partition coefficient (Wildman–Crippen LogP) is 2.80. The zero-order valence-electron chi connectivity index (χ0n) is 11.8. The van der Waals surface area contributed by atoms with Crippen molar-refractivity contribution in [3.8, 4) is 0 Å². The lowest BCUT2D eigenvalue weighted by Gasteiger charge is -2.10. The van der Waals surface area contributed by atoms with Gasteiger partial charge in [-0.15, -0.1) is 11.3 Å². The third kappa shape index (κ3) is 3.77. The summed E-state index contributed by atoms with van der Waals surface area (Å²) >= 11 is 1.88. The van der Waals surface area contributed by atoms with Gasteiger partial charge < -0.3 is 10.2 Å². The number of nitrogens with one attached hydrogen (secondary N) is 1. The molecule has 0 saturated heterocycles. The van der Waals surface area contributed by atoms with Crippen LogP contribution in [0, 0.1) is 0 Å². The molecular formula is C14H25N3S. The molecule has 1 aliphatic rings. The second kappa shape index (κ2) is 6.64. The third-order valence-electron chi connectivity index (χ3n) is 3.52. The van der Waals surface area contributed by atoms with Crippen LogP contribution in [0.2, 0.25) is 0 Å². The maximum absolute atomic E-state index is 4.75. The largest absolute Gasteiger partial charge is 0.309 e. The summed E-state index contributed by atoms with van der Waals surface area (Å²) in [6.45, 7) is 4.17. The predicted molar refractivity (Wildman–Crippen MR) is 78.0 cm³/mol. The van der Waals surface area contributed by atoms with E-state index in [-0.39, 0.29) is 0 Å². The Balaban J connectivity index is 1.94. The summed E-state index contributed by atoms with van der Waals surface area (Å²) in [6, 6.07) is 0.745. The molecular weight excluding hydrogens is 242 g/mol. The summed E-state index contributed by atoms with van der Waals surface area (Å²) in [7, 11) is 4.20. The topological polar surface area (TPSA) is 28.2 Å². The molecule has 0 unspecified atom stereocenters. The molecule has 1 saturated carbocycles. The van der Waals surface area contributed by atoms with E-state index < -0.39 is 0 Å². The number of aryl methyl sites for hydroxylation is 1. The van der Waals surface area contributed by atoms with E-state index in [1.54, 1.807) is 0 Å². The zero-order valence-corrected chi connectivity index (χ0v) is 12.6. The molecule has 0 bridgehead atoms. The fourth-order valence-electron chi connectivity index (χ4n) is 2.56. The Bertz CT molecular complexity index is 367. The lowest BCUT2D eigenvalue weighted by molar-refractivity contribution is 0.401. The van der Waals surface area contributed by atoms with Crippen molar-refractivity contribution in [2.24, 2.45) is 0 Å². The van der Waals surface area contributed by atoms with Crippen LogP contribution in [-0.2, 0) is 19.5 Å². The summed E-state index contributed by atoms with van der Waals surface area (Å²) < 4.78 is 0. The molecule has 1 heterocycles. The van der Waals surface area contributed by atoms with Gasteiger partial charge >= 0.3 is 0 Å². The molecule has 3 nitrogen and oxygen atoms in total. The highest BCUT2D eigenvalue weighted by Crippen LogP contribution is 2.22. The van der Waals surface area contributed by atoms with Crippen molar-refractivity contribution < 1.29 is 0 Å². The fraction of sp³-hybridized carbons (Fsp3) is 0.786. The molecule has 1 aromatic rings. The molecule has 2 rings (SSSR count). The van der Waals surface area contributed by atoms with Crippen LogP contribution >= 0.6 is 11.3 Å². The summed E-state index contributed by atoms with van der Waals surface area (Å²) in [5.41, 5.74) is 1.29. The highest BCUT2D eigenvalue weighted by atomic mass is 32.1. The van der Waals surface area contributed by atoms with Gasteiger partial charge in [0.2, 0.25) is 0 Å². The normalized spacial score (nSPS) is 16.9. The van der Waals surface area contributed by atoms with Gasteiger partial charge in [0.1, 0.15) is 5.01 Å². The van der Waals surface area contributed by atoms with Crippen molar-refractivity contribution in [1.82, 2.24) is 15.2 Å². The van der Waals surface area contributed by atoms with Crippen LogP contribution in [0.1, 0.15) is 48.2 Å². The van der Waals surface area contributed by atoms with E-state index in [2.05, 4.69) is 31.2 Å². The second-order valence-corrected chi connectivity index (χ2v) is 6.60. The molecule has 18 heavy (non-hydrogen) atoms. The Morgan fingerprint density at radius 2 is 2.06 bits per heavy atom. The van der Waals surface area contributed by atoms with Crippen molar-refractivity contribution in [2.75, 3.05) is 14.1 Å². The summed E-state index contributed by atoms with van der Waals surface area (Å²) in [5.74, 6) is 0. The lowest BCUT2D eigenvalue weighted by Crippen LogP contribution is -2.25. The maximum atomic E-state index is 4.75. The molecule has 0 amide bonds. The van der Waals surface area contributed by atoms with Crippen molar-refractivity contribution in [1.29, 1.82) is 0 Å².